The van der Waals surface area contributed by atoms with Crippen molar-refractivity contribution in [3.8, 4) is 11.5 Å². The number of nitrogens with one attached hydrogen (secondary N) is 1. The number of esters is 1. The smallest absolute Gasteiger partial charge is 0.341 e. The molecular weight excluding hydrogens is 486 g/mol. The second-order valence-electron chi connectivity index (χ2n) is 9.38. The summed E-state index contributed by atoms with van der Waals surface area (Å²) >= 11 is 1.50. The van der Waals surface area contributed by atoms with Gasteiger partial charge < -0.3 is 19.5 Å². The Bertz CT molecular complexity index is 1230. The minimum absolute atomic E-state index is 0.153. The SMILES string of the molecule is CCOc1ccc(CC(=O)Nc2sc3c(c2C(=O)OC(C)C)CC[C@@H](c2ccccc2)C3)cc1OCC. The molecule has 196 valence electrons. The van der Waals surface area contributed by atoms with Crippen LogP contribution in [0.3, 0.4) is 0 Å². The van der Waals surface area contributed by atoms with Gasteiger partial charge in [-0.3, -0.25) is 4.79 Å². The van der Waals surface area contributed by atoms with Crippen LogP contribution in [0.2, 0.25) is 0 Å². The molecule has 0 spiro atoms. The zero-order valence-electron chi connectivity index (χ0n) is 22.0. The van der Waals surface area contributed by atoms with Crippen LogP contribution < -0.4 is 14.8 Å². The predicted molar refractivity (Wildman–Crippen MR) is 147 cm³/mol. The number of anilines is 1. The predicted octanol–water partition coefficient (Wildman–Crippen LogP) is 6.56. The topological polar surface area (TPSA) is 73.9 Å². The largest absolute Gasteiger partial charge is 0.490 e. The van der Waals surface area contributed by atoms with Crippen molar-refractivity contribution < 1.29 is 23.8 Å². The maximum Gasteiger partial charge on any atom is 0.341 e. The summed E-state index contributed by atoms with van der Waals surface area (Å²) in [5.41, 5.74) is 3.63. The quantitative estimate of drug-likeness (QED) is 0.306. The summed E-state index contributed by atoms with van der Waals surface area (Å²) in [7, 11) is 0. The van der Waals surface area contributed by atoms with E-state index < -0.39 is 0 Å². The Kier molecular flexibility index (Phi) is 8.87. The number of hydrogen-bond acceptors (Lipinski definition) is 6. The Hall–Kier alpha value is -3.32. The van der Waals surface area contributed by atoms with Gasteiger partial charge >= 0.3 is 5.97 Å². The molecule has 37 heavy (non-hydrogen) atoms. The van der Waals surface area contributed by atoms with Crippen molar-refractivity contribution in [1.82, 2.24) is 0 Å². The number of thiophene rings is 1. The fourth-order valence-corrected chi connectivity index (χ4v) is 6.07. The van der Waals surface area contributed by atoms with E-state index >= 15 is 0 Å². The number of ether oxygens (including phenoxy) is 3. The molecule has 1 amide bonds. The van der Waals surface area contributed by atoms with Crippen molar-refractivity contribution in [2.45, 2.75) is 65.4 Å². The summed E-state index contributed by atoms with van der Waals surface area (Å²) in [5, 5.41) is 3.60. The van der Waals surface area contributed by atoms with Gasteiger partial charge in [0.1, 0.15) is 5.00 Å². The van der Waals surface area contributed by atoms with Gasteiger partial charge in [-0.25, -0.2) is 4.79 Å². The van der Waals surface area contributed by atoms with Crippen molar-refractivity contribution in [3.63, 3.8) is 0 Å². The highest BCUT2D eigenvalue weighted by atomic mass is 32.1. The first kappa shape index (κ1) is 26.7. The number of rotatable bonds is 10. The highest BCUT2D eigenvalue weighted by molar-refractivity contribution is 7.17. The van der Waals surface area contributed by atoms with Gasteiger partial charge in [0.25, 0.3) is 0 Å². The van der Waals surface area contributed by atoms with E-state index in [2.05, 4.69) is 29.6 Å². The summed E-state index contributed by atoms with van der Waals surface area (Å²) < 4.78 is 16.9. The normalized spacial score (nSPS) is 14.7. The fourth-order valence-electron chi connectivity index (χ4n) is 4.73. The number of hydrogen-bond donors (Lipinski definition) is 1. The van der Waals surface area contributed by atoms with Crippen LogP contribution in [0.25, 0.3) is 0 Å². The average molecular weight is 522 g/mol. The fraction of sp³-hybridized carbons (Fsp3) is 0.400. The van der Waals surface area contributed by atoms with Crippen molar-refractivity contribution in [3.05, 3.63) is 75.7 Å². The number of benzene rings is 2. The lowest BCUT2D eigenvalue weighted by Crippen LogP contribution is -2.19. The van der Waals surface area contributed by atoms with E-state index in [9.17, 15) is 9.59 Å². The Labute approximate surface area is 223 Å². The van der Waals surface area contributed by atoms with Gasteiger partial charge in [-0.05, 0) is 81.7 Å². The molecule has 7 heteroatoms. The maximum absolute atomic E-state index is 13.1. The number of fused-ring (bicyclic) bond motifs is 1. The number of carbonyl (C=O) groups is 2. The molecule has 0 saturated heterocycles. The van der Waals surface area contributed by atoms with Crippen molar-refractivity contribution in [2.75, 3.05) is 18.5 Å². The molecule has 0 saturated carbocycles. The van der Waals surface area contributed by atoms with Crippen LogP contribution in [0.5, 0.6) is 11.5 Å². The molecule has 1 heterocycles. The Morgan fingerprint density at radius 3 is 2.46 bits per heavy atom. The van der Waals surface area contributed by atoms with Crippen LogP contribution in [0, 0.1) is 0 Å². The second-order valence-corrected chi connectivity index (χ2v) is 10.5. The molecule has 6 nitrogen and oxygen atoms in total. The van der Waals surface area contributed by atoms with Gasteiger partial charge in [0.15, 0.2) is 11.5 Å². The van der Waals surface area contributed by atoms with Crippen molar-refractivity contribution in [2.24, 2.45) is 0 Å². The first-order valence-corrected chi connectivity index (χ1v) is 13.8. The van der Waals surface area contributed by atoms with Crippen LogP contribution in [-0.4, -0.2) is 31.2 Å². The van der Waals surface area contributed by atoms with E-state index in [0.717, 1.165) is 35.3 Å². The molecule has 1 aliphatic rings. The minimum atomic E-state index is -0.374. The first-order valence-electron chi connectivity index (χ1n) is 13.0. The molecule has 0 aliphatic heterocycles. The molecule has 3 aromatic rings. The van der Waals surface area contributed by atoms with Gasteiger partial charge in [0.05, 0.1) is 31.3 Å². The van der Waals surface area contributed by atoms with E-state index in [1.165, 1.54) is 16.9 Å². The third-order valence-corrected chi connectivity index (χ3v) is 7.48. The zero-order chi connectivity index (χ0) is 26.4. The van der Waals surface area contributed by atoms with Gasteiger partial charge in [-0.2, -0.15) is 0 Å². The lowest BCUT2D eigenvalue weighted by atomic mass is 9.83. The van der Waals surface area contributed by atoms with Crippen LogP contribution in [0.15, 0.2) is 48.5 Å². The summed E-state index contributed by atoms with van der Waals surface area (Å²) in [6.07, 6.45) is 2.49. The van der Waals surface area contributed by atoms with Gasteiger partial charge in [0.2, 0.25) is 5.91 Å². The average Bonchev–Trinajstić information content (AvgIpc) is 3.23. The third kappa shape index (κ3) is 6.52. The molecular formula is C30H35NO5S. The molecule has 2 aromatic carbocycles. The monoisotopic (exact) mass is 521 g/mol. The van der Waals surface area contributed by atoms with E-state index in [4.69, 9.17) is 14.2 Å². The Morgan fingerprint density at radius 1 is 1.03 bits per heavy atom. The Balaban J connectivity index is 1.57. The minimum Gasteiger partial charge on any atom is -0.490 e. The molecule has 1 atom stereocenters. The molecule has 1 aromatic heterocycles. The second kappa shape index (κ2) is 12.3. The zero-order valence-corrected chi connectivity index (χ0v) is 22.8. The van der Waals surface area contributed by atoms with Gasteiger partial charge in [-0.15, -0.1) is 11.3 Å². The third-order valence-electron chi connectivity index (χ3n) is 6.31. The van der Waals surface area contributed by atoms with E-state index in [1.807, 2.05) is 52.0 Å². The van der Waals surface area contributed by atoms with E-state index in [1.54, 1.807) is 0 Å². The molecule has 1 N–H and O–H groups in total. The van der Waals surface area contributed by atoms with Crippen LogP contribution in [0.4, 0.5) is 5.00 Å². The molecule has 0 radical (unpaired) electrons. The van der Waals surface area contributed by atoms with Crippen molar-refractivity contribution in [1.29, 1.82) is 0 Å². The molecule has 4 rings (SSSR count). The molecule has 1 aliphatic carbocycles. The summed E-state index contributed by atoms with van der Waals surface area (Å²) in [5.74, 6) is 1.11. The lowest BCUT2D eigenvalue weighted by Gasteiger charge is -2.23. The van der Waals surface area contributed by atoms with Crippen LogP contribution in [0.1, 0.15) is 72.0 Å². The van der Waals surface area contributed by atoms with Crippen LogP contribution in [-0.2, 0) is 28.8 Å². The first-order chi connectivity index (χ1) is 17.9. The van der Waals surface area contributed by atoms with Gasteiger partial charge in [0, 0.05) is 4.88 Å². The van der Waals surface area contributed by atoms with E-state index in [-0.39, 0.29) is 24.4 Å². The highest BCUT2D eigenvalue weighted by Crippen LogP contribution is 2.43. The van der Waals surface area contributed by atoms with E-state index in [0.29, 0.717) is 41.2 Å². The standard InChI is InChI=1S/C30H35NO5S/c1-5-34-24-15-12-20(16-25(24)35-6-2)17-27(32)31-29-28(30(33)36-19(3)4)23-14-13-22(18-26(23)37-29)21-10-8-7-9-11-21/h7-12,15-16,19,22H,5-6,13-14,17-18H2,1-4H3,(H,31,32)/t22-/m1/s1. The van der Waals surface area contributed by atoms with Gasteiger partial charge in [-0.1, -0.05) is 36.4 Å². The Morgan fingerprint density at radius 2 is 1.76 bits per heavy atom. The number of carbonyl (C=O) groups excluding carboxylic acids is 2. The summed E-state index contributed by atoms with van der Waals surface area (Å²) in [6.45, 7) is 8.53. The number of amides is 1. The summed E-state index contributed by atoms with van der Waals surface area (Å²) in [4.78, 5) is 27.4. The van der Waals surface area contributed by atoms with Crippen LogP contribution >= 0.6 is 11.3 Å². The summed E-state index contributed by atoms with van der Waals surface area (Å²) in [6, 6.07) is 16.0. The molecule has 0 fully saturated rings. The molecule has 0 bridgehead atoms. The maximum atomic E-state index is 13.1. The molecule has 0 unspecified atom stereocenters. The van der Waals surface area contributed by atoms with Crippen molar-refractivity contribution >= 4 is 28.2 Å². The lowest BCUT2D eigenvalue weighted by molar-refractivity contribution is -0.115. The highest BCUT2D eigenvalue weighted by Gasteiger charge is 2.31.